The number of carbonyl (C=O) groups excluding carboxylic acids is 1. The number of carbonyl (C=O) groups is 1. The highest BCUT2D eigenvalue weighted by atomic mass is 16.3. The molecule has 2 aromatic rings. The van der Waals surface area contributed by atoms with E-state index < -0.39 is 5.91 Å². The lowest BCUT2D eigenvalue weighted by Crippen LogP contribution is -2.17. The fraction of sp³-hybridized carbons (Fsp3) is 0.450. The first-order valence-electron chi connectivity index (χ1n) is 8.82. The van der Waals surface area contributed by atoms with Gasteiger partial charge in [-0.2, -0.15) is 0 Å². The maximum atomic E-state index is 12.2. The molecule has 0 radical (unpaired) electrons. The molecule has 0 saturated carbocycles. The number of phenolic OH excluding ortho intramolecular Hbond substituents is 1. The molecule has 0 spiro atoms. The summed E-state index contributed by atoms with van der Waals surface area (Å²) in [5.41, 5.74) is 10.0. The van der Waals surface area contributed by atoms with Crippen molar-refractivity contribution in [2.75, 3.05) is 20.6 Å². The van der Waals surface area contributed by atoms with Crippen molar-refractivity contribution < 1.29 is 9.90 Å². The summed E-state index contributed by atoms with van der Waals surface area (Å²) in [5.74, 6) is -0.229. The molecule has 0 saturated heterocycles. The van der Waals surface area contributed by atoms with E-state index in [0.717, 1.165) is 54.9 Å². The Balaban J connectivity index is 2.60. The number of phenols is 1. The van der Waals surface area contributed by atoms with E-state index in [2.05, 4.69) is 30.5 Å². The molecule has 1 aromatic heterocycles. The van der Waals surface area contributed by atoms with E-state index in [4.69, 9.17) is 5.73 Å². The fourth-order valence-corrected chi connectivity index (χ4v) is 3.42. The Labute approximate surface area is 150 Å². The van der Waals surface area contributed by atoms with Gasteiger partial charge < -0.3 is 20.3 Å². The van der Waals surface area contributed by atoms with Crippen molar-refractivity contribution in [2.24, 2.45) is 5.73 Å². The third kappa shape index (κ3) is 4.23. The van der Waals surface area contributed by atoms with Gasteiger partial charge >= 0.3 is 0 Å². The summed E-state index contributed by atoms with van der Waals surface area (Å²) in [6.07, 6.45) is 2.83. The topological polar surface area (TPSA) is 71.5 Å². The molecule has 0 unspecified atom stereocenters. The number of amides is 1. The average Bonchev–Trinajstić information content (AvgIpc) is 2.80. The Morgan fingerprint density at radius 1 is 1.32 bits per heavy atom. The van der Waals surface area contributed by atoms with E-state index in [1.54, 1.807) is 18.2 Å². The van der Waals surface area contributed by atoms with Gasteiger partial charge in [0, 0.05) is 23.5 Å². The molecule has 0 aliphatic carbocycles. The minimum Gasteiger partial charge on any atom is -0.508 e. The number of nitrogens with two attached hydrogens (primary N) is 1. The minimum absolute atomic E-state index is 0.188. The van der Waals surface area contributed by atoms with E-state index in [9.17, 15) is 9.90 Å². The Bertz CT molecular complexity index is 748. The van der Waals surface area contributed by atoms with Gasteiger partial charge in [-0.25, -0.2) is 0 Å². The van der Waals surface area contributed by atoms with Crippen molar-refractivity contribution in [3.63, 3.8) is 0 Å². The molecule has 25 heavy (non-hydrogen) atoms. The summed E-state index contributed by atoms with van der Waals surface area (Å²) >= 11 is 0. The van der Waals surface area contributed by atoms with Crippen LogP contribution in [0.25, 0.3) is 11.1 Å². The first-order valence-corrected chi connectivity index (χ1v) is 8.82. The highest BCUT2D eigenvalue weighted by Crippen LogP contribution is 2.35. The number of benzene rings is 1. The summed E-state index contributed by atoms with van der Waals surface area (Å²) in [5, 5.41) is 9.87. The van der Waals surface area contributed by atoms with Gasteiger partial charge in [-0.1, -0.05) is 25.5 Å². The minimum atomic E-state index is -0.417. The van der Waals surface area contributed by atoms with Gasteiger partial charge in [0.05, 0.1) is 5.56 Å². The summed E-state index contributed by atoms with van der Waals surface area (Å²) < 4.78 is 2.23. The molecule has 0 bridgehead atoms. The molecular weight excluding hydrogens is 314 g/mol. The van der Waals surface area contributed by atoms with Gasteiger partial charge in [-0.3, -0.25) is 4.79 Å². The summed E-state index contributed by atoms with van der Waals surface area (Å²) in [6.45, 7) is 5.92. The lowest BCUT2D eigenvalue weighted by Gasteiger charge is -2.15. The number of nitrogens with zero attached hydrogens (tertiary/aromatic N) is 2. The highest BCUT2D eigenvalue weighted by Gasteiger charge is 2.24. The Kier molecular flexibility index (Phi) is 6.26. The molecule has 1 amide bonds. The van der Waals surface area contributed by atoms with E-state index >= 15 is 0 Å². The van der Waals surface area contributed by atoms with Crippen LogP contribution < -0.4 is 5.73 Å². The van der Waals surface area contributed by atoms with Crippen LogP contribution in [-0.2, 0) is 13.0 Å². The quantitative estimate of drug-likeness (QED) is 0.773. The van der Waals surface area contributed by atoms with Crippen LogP contribution in [0.1, 0.15) is 41.5 Å². The molecule has 1 aromatic carbocycles. The monoisotopic (exact) mass is 343 g/mol. The maximum Gasteiger partial charge on any atom is 0.251 e. The number of rotatable bonds is 8. The normalized spacial score (nSPS) is 11.2. The zero-order chi connectivity index (χ0) is 18.6. The molecule has 5 heteroatoms. The standard InChI is InChI=1S/C20H29N3O2/c1-5-8-17-19(15-9-6-10-16(24)13-15)18(20(21)25)14(2)23(17)12-7-11-22(3)4/h6,9-10,13,24H,5,7-8,11-12H2,1-4H3,(H2,21,25). The van der Waals surface area contributed by atoms with Crippen molar-refractivity contribution in [3.8, 4) is 16.9 Å². The summed E-state index contributed by atoms with van der Waals surface area (Å²) in [6, 6.07) is 7.05. The average molecular weight is 343 g/mol. The molecule has 0 aliphatic rings. The van der Waals surface area contributed by atoms with Crippen LogP contribution >= 0.6 is 0 Å². The van der Waals surface area contributed by atoms with E-state index in [0.29, 0.717) is 5.56 Å². The second-order valence-electron chi connectivity index (χ2n) is 6.76. The number of hydrogen-bond acceptors (Lipinski definition) is 3. The van der Waals surface area contributed by atoms with E-state index in [1.165, 1.54) is 0 Å². The van der Waals surface area contributed by atoms with Gasteiger partial charge in [0.1, 0.15) is 5.75 Å². The second kappa shape index (κ2) is 8.21. The maximum absolute atomic E-state index is 12.2. The Hall–Kier alpha value is -2.27. The van der Waals surface area contributed by atoms with Crippen molar-refractivity contribution in [2.45, 2.75) is 39.7 Å². The Morgan fingerprint density at radius 3 is 2.60 bits per heavy atom. The molecular formula is C20H29N3O2. The van der Waals surface area contributed by atoms with Crippen LogP contribution in [0.5, 0.6) is 5.75 Å². The third-order valence-corrected chi connectivity index (χ3v) is 4.49. The molecule has 0 fully saturated rings. The molecule has 0 aliphatic heterocycles. The molecule has 5 nitrogen and oxygen atoms in total. The number of primary amides is 1. The second-order valence-corrected chi connectivity index (χ2v) is 6.76. The van der Waals surface area contributed by atoms with Crippen LogP contribution in [-0.4, -0.2) is 41.1 Å². The molecule has 136 valence electrons. The zero-order valence-electron chi connectivity index (χ0n) is 15.7. The van der Waals surface area contributed by atoms with Crippen LogP contribution in [0, 0.1) is 6.92 Å². The summed E-state index contributed by atoms with van der Waals surface area (Å²) in [4.78, 5) is 14.3. The van der Waals surface area contributed by atoms with Crippen molar-refractivity contribution >= 4 is 5.91 Å². The van der Waals surface area contributed by atoms with Gasteiger partial charge in [0.25, 0.3) is 5.91 Å². The van der Waals surface area contributed by atoms with Crippen LogP contribution in [0.4, 0.5) is 0 Å². The first-order chi connectivity index (χ1) is 11.9. The summed E-state index contributed by atoms with van der Waals surface area (Å²) in [7, 11) is 4.12. The number of aromatic nitrogens is 1. The SMILES string of the molecule is CCCc1c(-c2cccc(O)c2)c(C(N)=O)c(C)n1CCCN(C)C. The van der Waals surface area contributed by atoms with Crippen molar-refractivity contribution in [1.29, 1.82) is 0 Å². The molecule has 3 N–H and O–H groups in total. The lowest BCUT2D eigenvalue weighted by atomic mass is 9.98. The molecule has 1 heterocycles. The van der Waals surface area contributed by atoms with Gasteiger partial charge in [0.2, 0.25) is 0 Å². The highest BCUT2D eigenvalue weighted by molar-refractivity contribution is 6.02. The van der Waals surface area contributed by atoms with Crippen LogP contribution in [0.15, 0.2) is 24.3 Å². The third-order valence-electron chi connectivity index (χ3n) is 4.49. The molecule has 0 atom stereocenters. The lowest BCUT2D eigenvalue weighted by molar-refractivity contribution is 0.1000. The fourth-order valence-electron chi connectivity index (χ4n) is 3.42. The predicted octanol–water partition coefficient (Wildman–Crippen LogP) is 3.17. The van der Waals surface area contributed by atoms with Crippen LogP contribution in [0.3, 0.4) is 0 Å². The smallest absolute Gasteiger partial charge is 0.251 e. The first kappa shape index (κ1) is 19.1. The van der Waals surface area contributed by atoms with Crippen molar-refractivity contribution in [1.82, 2.24) is 9.47 Å². The largest absolute Gasteiger partial charge is 0.508 e. The van der Waals surface area contributed by atoms with E-state index in [1.807, 2.05) is 13.0 Å². The predicted molar refractivity (Wildman–Crippen MR) is 102 cm³/mol. The number of hydrogen-bond donors (Lipinski definition) is 2. The number of aromatic hydroxyl groups is 1. The molecule has 2 rings (SSSR count). The van der Waals surface area contributed by atoms with Gasteiger partial charge in [-0.15, -0.1) is 0 Å². The van der Waals surface area contributed by atoms with Gasteiger partial charge in [-0.05, 0) is 58.1 Å². The zero-order valence-corrected chi connectivity index (χ0v) is 15.7. The van der Waals surface area contributed by atoms with Crippen molar-refractivity contribution in [3.05, 3.63) is 41.2 Å². The van der Waals surface area contributed by atoms with Gasteiger partial charge in [0.15, 0.2) is 0 Å². The Morgan fingerprint density at radius 2 is 2.04 bits per heavy atom. The van der Waals surface area contributed by atoms with Crippen LogP contribution in [0.2, 0.25) is 0 Å². The van der Waals surface area contributed by atoms with E-state index in [-0.39, 0.29) is 5.75 Å².